The molecule has 7 heteroatoms. The van der Waals surface area contributed by atoms with Crippen molar-refractivity contribution < 1.29 is 4.79 Å². The molecule has 23 heavy (non-hydrogen) atoms. The molecule has 1 amide bonds. The predicted octanol–water partition coefficient (Wildman–Crippen LogP) is 1.23. The molecule has 122 valence electrons. The summed E-state index contributed by atoms with van der Waals surface area (Å²) in [6.07, 6.45) is 5.34. The lowest BCUT2D eigenvalue weighted by molar-refractivity contribution is 0.0925. The number of hydrogen-bond acceptors (Lipinski definition) is 5. The monoisotopic (exact) mass is 314 g/mol. The first kappa shape index (κ1) is 15.5. The van der Waals surface area contributed by atoms with Gasteiger partial charge in [0.1, 0.15) is 11.5 Å². The maximum absolute atomic E-state index is 12.3. The molecule has 0 bridgehead atoms. The van der Waals surface area contributed by atoms with Crippen molar-refractivity contribution in [3.63, 3.8) is 0 Å². The van der Waals surface area contributed by atoms with Gasteiger partial charge in [0.15, 0.2) is 0 Å². The standard InChI is InChI=1S/C16H22N6O/c1-11-9-17-10-15(18-11)22-6-4-13(5-7-22)19-16(23)14-8-12(2)21(3)20-14/h8-10,13H,4-7H2,1-3H3,(H,19,23). The number of carbonyl (C=O) groups excluding carboxylic acids is 1. The van der Waals surface area contributed by atoms with E-state index in [1.54, 1.807) is 17.1 Å². The highest BCUT2D eigenvalue weighted by atomic mass is 16.2. The Morgan fingerprint density at radius 2 is 2.00 bits per heavy atom. The first-order valence-electron chi connectivity index (χ1n) is 7.88. The van der Waals surface area contributed by atoms with E-state index < -0.39 is 0 Å². The van der Waals surface area contributed by atoms with Crippen LogP contribution in [0.15, 0.2) is 18.5 Å². The third kappa shape index (κ3) is 3.49. The normalized spacial score (nSPS) is 15.7. The second-order valence-electron chi connectivity index (χ2n) is 6.05. The van der Waals surface area contributed by atoms with Crippen molar-refractivity contribution in [3.8, 4) is 0 Å². The van der Waals surface area contributed by atoms with Crippen molar-refractivity contribution in [1.29, 1.82) is 0 Å². The van der Waals surface area contributed by atoms with Crippen LogP contribution < -0.4 is 10.2 Å². The third-order valence-electron chi connectivity index (χ3n) is 4.24. The molecule has 1 aliphatic rings. The van der Waals surface area contributed by atoms with E-state index in [1.165, 1.54) is 0 Å². The van der Waals surface area contributed by atoms with Crippen LogP contribution in [0.3, 0.4) is 0 Å². The topological polar surface area (TPSA) is 75.9 Å². The number of piperidine rings is 1. The molecule has 1 aliphatic heterocycles. The molecular weight excluding hydrogens is 292 g/mol. The number of amides is 1. The Labute approximate surface area is 135 Å². The molecule has 1 N–H and O–H groups in total. The van der Waals surface area contributed by atoms with Gasteiger partial charge in [-0.05, 0) is 32.8 Å². The second kappa shape index (κ2) is 6.36. The zero-order chi connectivity index (χ0) is 16.4. The first-order chi connectivity index (χ1) is 11.0. The van der Waals surface area contributed by atoms with Crippen LogP contribution in [-0.2, 0) is 7.05 Å². The molecule has 0 saturated carbocycles. The third-order valence-corrected chi connectivity index (χ3v) is 4.24. The van der Waals surface area contributed by atoms with Gasteiger partial charge >= 0.3 is 0 Å². The zero-order valence-corrected chi connectivity index (χ0v) is 13.8. The molecule has 3 heterocycles. The summed E-state index contributed by atoms with van der Waals surface area (Å²) in [6, 6.07) is 1.99. The summed E-state index contributed by atoms with van der Waals surface area (Å²) in [5, 5.41) is 7.31. The van der Waals surface area contributed by atoms with Gasteiger partial charge < -0.3 is 10.2 Å². The molecule has 1 fully saturated rings. The summed E-state index contributed by atoms with van der Waals surface area (Å²) in [7, 11) is 1.84. The van der Waals surface area contributed by atoms with E-state index in [2.05, 4.69) is 25.3 Å². The van der Waals surface area contributed by atoms with Gasteiger partial charge in [-0.2, -0.15) is 5.10 Å². The van der Waals surface area contributed by atoms with Gasteiger partial charge in [-0.25, -0.2) is 4.98 Å². The minimum atomic E-state index is -0.0949. The minimum absolute atomic E-state index is 0.0949. The van der Waals surface area contributed by atoms with E-state index in [9.17, 15) is 4.79 Å². The number of rotatable bonds is 3. The van der Waals surface area contributed by atoms with Crippen LogP contribution in [0.2, 0.25) is 0 Å². The van der Waals surface area contributed by atoms with Crippen LogP contribution in [-0.4, -0.2) is 44.8 Å². The number of carbonyl (C=O) groups is 1. The lowest BCUT2D eigenvalue weighted by atomic mass is 10.0. The Kier molecular flexibility index (Phi) is 4.27. The number of aryl methyl sites for hydroxylation is 3. The van der Waals surface area contributed by atoms with Crippen LogP contribution in [0, 0.1) is 13.8 Å². The van der Waals surface area contributed by atoms with Crippen molar-refractivity contribution in [2.75, 3.05) is 18.0 Å². The Morgan fingerprint density at radius 1 is 1.26 bits per heavy atom. The van der Waals surface area contributed by atoms with Crippen molar-refractivity contribution in [2.45, 2.75) is 32.7 Å². The predicted molar refractivity (Wildman–Crippen MR) is 87.4 cm³/mol. The molecule has 0 spiro atoms. The fourth-order valence-corrected chi connectivity index (χ4v) is 2.79. The number of nitrogens with zero attached hydrogens (tertiary/aromatic N) is 5. The van der Waals surface area contributed by atoms with Crippen molar-refractivity contribution in [3.05, 3.63) is 35.5 Å². The van der Waals surface area contributed by atoms with Gasteiger partial charge in [-0.3, -0.25) is 14.5 Å². The quantitative estimate of drug-likeness (QED) is 0.922. The van der Waals surface area contributed by atoms with Crippen molar-refractivity contribution in [1.82, 2.24) is 25.1 Å². The van der Waals surface area contributed by atoms with Gasteiger partial charge in [0.2, 0.25) is 0 Å². The molecule has 0 radical (unpaired) electrons. The van der Waals surface area contributed by atoms with E-state index >= 15 is 0 Å². The maximum atomic E-state index is 12.3. The zero-order valence-electron chi connectivity index (χ0n) is 13.8. The van der Waals surface area contributed by atoms with Gasteiger partial charge in [0, 0.05) is 38.1 Å². The highest BCUT2D eigenvalue weighted by molar-refractivity contribution is 5.92. The summed E-state index contributed by atoms with van der Waals surface area (Å²) in [5.41, 5.74) is 2.38. The van der Waals surface area contributed by atoms with E-state index in [0.29, 0.717) is 5.69 Å². The molecule has 0 atom stereocenters. The summed E-state index contributed by atoms with van der Waals surface area (Å²) < 4.78 is 1.72. The second-order valence-corrected chi connectivity index (χ2v) is 6.05. The molecule has 3 rings (SSSR count). The summed E-state index contributed by atoms with van der Waals surface area (Å²) in [5.74, 6) is 0.817. The Morgan fingerprint density at radius 3 is 2.61 bits per heavy atom. The number of nitrogens with one attached hydrogen (secondary N) is 1. The van der Waals surface area contributed by atoms with Gasteiger partial charge in [-0.1, -0.05) is 0 Å². The van der Waals surface area contributed by atoms with Crippen LogP contribution >= 0.6 is 0 Å². The number of anilines is 1. The van der Waals surface area contributed by atoms with Gasteiger partial charge in [0.05, 0.1) is 11.9 Å². The average molecular weight is 314 g/mol. The highest BCUT2D eigenvalue weighted by Crippen LogP contribution is 2.17. The van der Waals surface area contributed by atoms with E-state index in [-0.39, 0.29) is 11.9 Å². The SMILES string of the molecule is Cc1cncc(N2CCC(NC(=O)c3cc(C)n(C)n3)CC2)n1. The van der Waals surface area contributed by atoms with E-state index in [4.69, 9.17) is 0 Å². The number of hydrogen-bond donors (Lipinski definition) is 1. The average Bonchev–Trinajstić information content (AvgIpc) is 2.88. The molecule has 1 saturated heterocycles. The number of aromatic nitrogens is 4. The lowest BCUT2D eigenvalue weighted by Gasteiger charge is -2.32. The Bertz CT molecular complexity index is 683. The first-order valence-corrected chi connectivity index (χ1v) is 7.88. The summed E-state index contributed by atoms with van der Waals surface area (Å²) in [6.45, 7) is 5.61. The van der Waals surface area contributed by atoms with Crippen molar-refractivity contribution in [2.24, 2.45) is 7.05 Å². The molecule has 0 aromatic carbocycles. The highest BCUT2D eigenvalue weighted by Gasteiger charge is 2.23. The van der Waals surface area contributed by atoms with E-state index in [1.807, 2.05) is 27.0 Å². The van der Waals surface area contributed by atoms with Crippen LogP contribution in [0.1, 0.15) is 34.7 Å². The molecule has 0 aliphatic carbocycles. The van der Waals surface area contributed by atoms with Gasteiger partial charge in [0.25, 0.3) is 5.91 Å². The maximum Gasteiger partial charge on any atom is 0.272 e. The molecule has 2 aromatic rings. The smallest absolute Gasteiger partial charge is 0.272 e. The lowest BCUT2D eigenvalue weighted by Crippen LogP contribution is -2.45. The van der Waals surface area contributed by atoms with Crippen LogP contribution in [0.5, 0.6) is 0 Å². The minimum Gasteiger partial charge on any atom is -0.355 e. The van der Waals surface area contributed by atoms with Crippen LogP contribution in [0.4, 0.5) is 5.82 Å². The fourth-order valence-electron chi connectivity index (χ4n) is 2.79. The molecule has 2 aromatic heterocycles. The largest absolute Gasteiger partial charge is 0.355 e. The molecule has 7 nitrogen and oxygen atoms in total. The van der Waals surface area contributed by atoms with Crippen molar-refractivity contribution >= 4 is 11.7 Å². The van der Waals surface area contributed by atoms with Gasteiger partial charge in [-0.15, -0.1) is 0 Å². The summed E-state index contributed by atoms with van der Waals surface area (Å²) in [4.78, 5) is 23.2. The molecule has 0 unspecified atom stereocenters. The van der Waals surface area contributed by atoms with E-state index in [0.717, 1.165) is 43.1 Å². The Balaban J connectivity index is 1.56. The molecular formula is C16H22N6O. The summed E-state index contributed by atoms with van der Waals surface area (Å²) >= 11 is 0. The van der Waals surface area contributed by atoms with Crippen LogP contribution in [0.25, 0.3) is 0 Å². The Hall–Kier alpha value is -2.44. The fraction of sp³-hybridized carbons (Fsp3) is 0.500.